The average molecular weight is 237 g/mol. The third kappa shape index (κ3) is 3.90. The normalized spacial score (nSPS) is 9.85. The van der Waals surface area contributed by atoms with E-state index >= 15 is 0 Å². The van der Waals surface area contributed by atoms with Crippen LogP contribution in [0.4, 0.5) is 0 Å². The molecule has 1 aromatic heterocycles. The molecule has 1 N–H and O–H groups in total. The van der Waals surface area contributed by atoms with Gasteiger partial charge in [0.1, 0.15) is 0 Å². The van der Waals surface area contributed by atoms with Gasteiger partial charge in [-0.25, -0.2) is 0 Å². The zero-order valence-electron chi connectivity index (χ0n) is 6.68. The summed E-state index contributed by atoms with van der Waals surface area (Å²) in [6.07, 6.45) is 1.95. The largest absolute Gasteiger partial charge is 0.361 e. The summed E-state index contributed by atoms with van der Waals surface area (Å²) in [5.41, 5.74) is 1.21. The van der Waals surface area contributed by atoms with Crippen LogP contribution in [0.5, 0.6) is 0 Å². The first-order chi connectivity index (χ1) is 6.20. The summed E-state index contributed by atoms with van der Waals surface area (Å²) in [6, 6.07) is 10.3. The first-order valence-corrected chi connectivity index (χ1v) is 4.95. The highest BCUT2D eigenvalue weighted by atomic mass is 35.6. The van der Waals surface area contributed by atoms with E-state index < -0.39 is 4.30 Å². The van der Waals surface area contributed by atoms with Crippen molar-refractivity contribution in [2.75, 3.05) is 0 Å². The molecule has 0 bridgehead atoms. The van der Waals surface area contributed by atoms with Crippen molar-refractivity contribution in [1.29, 1.82) is 0 Å². The van der Waals surface area contributed by atoms with Gasteiger partial charge in [-0.05, 0) is 17.5 Å². The molecule has 1 nitrogen and oxygen atoms in total. The fourth-order valence-electron chi connectivity index (χ4n) is 0.995. The van der Waals surface area contributed by atoms with Crippen molar-refractivity contribution in [2.24, 2.45) is 0 Å². The van der Waals surface area contributed by atoms with Crippen molar-refractivity contribution in [1.82, 2.24) is 4.98 Å². The van der Waals surface area contributed by atoms with Gasteiger partial charge in [-0.3, -0.25) is 0 Å². The first kappa shape index (κ1) is 10.7. The third-order valence-electron chi connectivity index (χ3n) is 1.46. The van der Waals surface area contributed by atoms with Gasteiger partial charge in [0.25, 0.3) is 0 Å². The number of H-pyrrole nitrogens is 1. The lowest BCUT2D eigenvalue weighted by atomic mass is 10.3. The van der Waals surface area contributed by atoms with E-state index in [1.54, 1.807) is 0 Å². The molecular formula is C9H8Cl3N. The highest BCUT2D eigenvalue weighted by Crippen LogP contribution is 2.09. The van der Waals surface area contributed by atoms with Gasteiger partial charge in [0.05, 0.1) is 0 Å². The minimum atomic E-state index is -0.750. The quantitative estimate of drug-likeness (QED) is 0.661. The number of para-hydroxylation sites is 1. The summed E-state index contributed by atoms with van der Waals surface area (Å²) in [4.78, 5) is 3.12. The second kappa shape index (κ2) is 5.38. The predicted molar refractivity (Wildman–Crippen MR) is 59.6 cm³/mol. The third-order valence-corrected chi connectivity index (χ3v) is 1.46. The minimum Gasteiger partial charge on any atom is -0.361 e. The Morgan fingerprint density at radius 2 is 1.62 bits per heavy atom. The van der Waals surface area contributed by atoms with Crippen LogP contribution in [0.1, 0.15) is 0 Å². The van der Waals surface area contributed by atoms with Crippen LogP contribution < -0.4 is 0 Å². The van der Waals surface area contributed by atoms with Crippen LogP contribution in [0.15, 0.2) is 36.5 Å². The average Bonchev–Trinajstić information content (AvgIpc) is 2.49. The molecular weight excluding hydrogens is 228 g/mol. The number of rotatable bonds is 0. The van der Waals surface area contributed by atoms with E-state index in [2.05, 4.69) is 23.2 Å². The number of fused-ring (bicyclic) bond motifs is 1. The van der Waals surface area contributed by atoms with Gasteiger partial charge in [-0.15, -0.1) is 0 Å². The number of nitrogens with one attached hydrogen (secondary N) is 1. The Labute approximate surface area is 91.6 Å². The lowest BCUT2D eigenvalue weighted by molar-refractivity contribution is 1.48. The summed E-state index contributed by atoms with van der Waals surface area (Å²) >= 11 is 14.4. The number of hydrogen-bond donors (Lipinski definition) is 1. The molecule has 0 saturated carbocycles. The second-order valence-corrected chi connectivity index (χ2v) is 4.29. The number of aromatic amines is 1. The van der Waals surface area contributed by atoms with E-state index in [1.807, 2.05) is 18.3 Å². The maximum atomic E-state index is 4.81. The van der Waals surface area contributed by atoms with Crippen molar-refractivity contribution in [3.8, 4) is 0 Å². The van der Waals surface area contributed by atoms with E-state index in [0.29, 0.717) is 0 Å². The van der Waals surface area contributed by atoms with Crippen molar-refractivity contribution < 1.29 is 0 Å². The molecule has 70 valence electrons. The van der Waals surface area contributed by atoms with Gasteiger partial charge >= 0.3 is 0 Å². The van der Waals surface area contributed by atoms with Crippen LogP contribution in [-0.4, -0.2) is 9.28 Å². The number of alkyl halides is 3. The van der Waals surface area contributed by atoms with Gasteiger partial charge < -0.3 is 4.98 Å². The minimum absolute atomic E-state index is 0.750. The molecule has 0 fully saturated rings. The fourth-order valence-corrected chi connectivity index (χ4v) is 0.995. The highest BCUT2D eigenvalue weighted by molar-refractivity contribution is 6.63. The molecule has 0 aliphatic carbocycles. The zero-order valence-corrected chi connectivity index (χ0v) is 8.94. The van der Waals surface area contributed by atoms with Crippen LogP contribution in [-0.2, 0) is 0 Å². The molecule has 0 unspecified atom stereocenters. The van der Waals surface area contributed by atoms with Crippen LogP contribution >= 0.6 is 34.8 Å². The van der Waals surface area contributed by atoms with Crippen LogP contribution in [0.3, 0.4) is 0 Å². The van der Waals surface area contributed by atoms with Crippen molar-refractivity contribution >= 4 is 45.7 Å². The Balaban J connectivity index is 0.000000184. The summed E-state index contributed by atoms with van der Waals surface area (Å²) in [6.45, 7) is 0. The van der Waals surface area contributed by atoms with E-state index in [4.69, 9.17) is 34.8 Å². The molecule has 0 spiro atoms. The lowest BCUT2D eigenvalue weighted by Crippen LogP contribution is -1.61. The summed E-state index contributed by atoms with van der Waals surface area (Å²) in [7, 11) is 0. The van der Waals surface area contributed by atoms with Crippen LogP contribution in [0.2, 0.25) is 0 Å². The molecule has 13 heavy (non-hydrogen) atoms. The molecule has 2 rings (SSSR count). The number of aromatic nitrogens is 1. The van der Waals surface area contributed by atoms with Crippen LogP contribution in [0, 0.1) is 0 Å². The highest BCUT2D eigenvalue weighted by Gasteiger charge is 1.86. The maximum Gasteiger partial charge on any atom is 0.180 e. The fraction of sp³-hybridized carbons (Fsp3) is 0.111. The molecule has 1 heterocycles. The molecule has 0 radical (unpaired) electrons. The predicted octanol–water partition coefficient (Wildman–Crippen LogP) is 4.15. The Morgan fingerprint density at radius 3 is 2.23 bits per heavy atom. The summed E-state index contributed by atoms with van der Waals surface area (Å²) < 4.78 is -0.750. The van der Waals surface area contributed by atoms with Gasteiger partial charge in [0.2, 0.25) is 0 Å². The summed E-state index contributed by atoms with van der Waals surface area (Å²) in [5, 5.41) is 1.28. The smallest absolute Gasteiger partial charge is 0.180 e. The van der Waals surface area contributed by atoms with Gasteiger partial charge in [-0.1, -0.05) is 53.0 Å². The molecule has 1 aromatic carbocycles. The Hall–Kier alpha value is -0.370. The maximum absolute atomic E-state index is 4.81. The number of benzene rings is 1. The molecule has 2 aromatic rings. The number of halogens is 3. The topological polar surface area (TPSA) is 15.8 Å². The van der Waals surface area contributed by atoms with Gasteiger partial charge in [0.15, 0.2) is 4.30 Å². The SMILES string of the molecule is ClC(Cl)Cl.c1ccc2[nH]ccc2c1. The lowest BCUT2D eigenvalue weighted by Gasteiger charge is -1.83. The Morgan fingerprint density at radius 1 is 1.00 bits per heavy atom. The molecule has 0 atom stereocenters. The van der Waals surface area contributed by atoms with Gasteiger partial charge in [-0.2, -0.15) is 0 Å². The molecule has 4 heteroatoms. The molecule has 0 aliphatic heterocycles. The zero-order chi connectivity index (χ0) is 9.68. The van der Waals surface area contributed by atoms with E-state index in [0.717, 1.165) is 0 Å². The monoisotopic (exact) mass is 235 g/mol. The van der Waals surface area contributed by atoms with Crippen molar-refractivity contribution in [3.63, 3.8) is 0 Å². The molecule has 0 aliphatic rings. The van der Waals surface area contributed by atoms with Gasteiger partial charge in [0, 0.05) is 11.7 Å². The standard InChI is InChI=1S/C8H7N.CHCl3/c1-2-4-8-7(3-1)5-6-9-8;2-1(3)4/h1-6,9H;1H. The number of hydrogen-bond acceptors (Lipinski definition) is 0. The van der Waals surface area contributed by atoms with Crippen LogP contribution in [0.25, 0.3) is 10.9 Å². The summed E-state index contributed by atoms with van der Waals surface area (Å²) in [5.74, 6) is 0. The Kier molecular flexibility index (Phi) is 4.43. The van der Waals surface area contributed by atoms with Crippen molar-refractivity contribution in [3.05, 3.63) is 36.5 Å². The van der Waals surface area contributed by atoms with E-state index in [9.17, 15) is 0 Å². The second-order valence-electron chi connectivity index (χ2n) is 2.31. The first-order valence-electron chi connectivity index (χ1n) is 3.64. The van der Waals surface area contributed by atoms with E-state index in [1.165, 1.54) is 10.9 Å². The molecule has 0 saturated heterocycles. The van der Waals surface area contributed by atoms with Crippen molar-refractivity contribution in [2.45, 2.75) is 4.30 Å². The van der Waals surface area contributed by atoms with E-state index in [-0.39, 0.29) is 0 Å². The Bertz CT molecular complexity index is 323. The molecule has 0 amide bonds.